The summed E-state index contributed by atoms with van der Waals surface area (Å²) in [7, 11) is 0. The maximum atomic E-state index is 12.3. The minimum Gasteiger partial charge on any atom is -0.491 e. The van der Waals surface area contributed by atoms with E-state index < -0.39 is 11.5 Å². The van der Waals surface area contributed by atoms with Crippen LogP contribution < -0.4 is 15.7 Å². The number of benzene rings is 1. The van der Waals surface area contributed by atoms with Crippen molar-refractivity contribution in [3.8, 4) is 5.75 Å². The van der Waals surface area contributed by atoms with Crippen molar-refractivity contribution in [2.75, 3.05) is 6.54 Å². The highest BCUT2D eigenvalue weighted by Gasteiger charge is 2.14. The molecule has 7 heteroatoms. The van der Waals surface area contributed by atoms with Crippen molar-refractivity contribution in [2.24, 2.45) is 0 Å². The Hall–Kier alpha value is -3.09. The Morgan fingerprint density at radius 1 is 1.35 bits per heavy atom. The van der Waals surface area contributed by atoms with E-state index in [2.05, 4.69) is 10.3 Å². The van der Waals surface area contributed by atoms with Crippen LogP contribution in [0.3, 0.4) is 0 Å². The first-order chi connectivity index (χ1) is 12.5. The molecule has 1 aromatic carbocycles. The van der Waals surface area contributed by atoms with Crippen LogP contribution in [0.2, 0.25) is 0 Å². The van der Waals surface area contributed by atoms with Gasteiger partial charge in [-0.1, -0.05) is 0 Å². The first-order valence-corrected chi connectivity index (χ1v) is 8.51. The SMILES string of the molecule is CC(C)Oc1ccc2cc(C(=O)NCCCn3ccnc3)c(=O)oc2c1. The Morgan fingerprint density at radius 2 is 2.19 bits per heavy atom. The largest absolute Gasteiger partial charge is 0.491 e. The predicted octanol–water partition coefficient (Wildman–Crippen LogP) is 2.60. The molecule has 136 valence electrons. The number of aromatic nitrogens is 2. The normalized spacial score (nSPS) is 11.0. The van der Waals surface area contributed by atoms with Crippen molar-refractivity contribution < 1.29 is 13.9 Å². The van der Waals surface area contributed by atoms with Crippen molar-refractivity contribution >= 4 is 16.9 Å². The van der Waals surface area contributed by atoms with Gasteiger partial charge in [0.25, 0.3) is 5.91 Å². The van der Waals surface area contributed by atoms with Crippen molar-refractivity contribution in [2.45, 2.75) is 32.9 Å². The van der Waals surface area contributed by atoms with Crippen molar-refractivity contribution in [1.29, 1.82) is 0 Å². The molecule has 0 saturated carbocycles. The second-order valence-electron chi connectivity index (χ2n) is 6.22. The van der Waals surface area contributed by atoms with Gasteiger partial charge >= 0.3 is 5.63 Å². The number of fused-ring (bicyclic) bond motifs is 1. The van der Waals surface area contributed by atoms with Gasteiger partial charge in [0.2, 0.25) is 0 Å². The summed E-state index contributed by atoms with van der Waals surface area (Å²) in [6.07, 6.45) is 6.04. The second-order valence-corrected chi connectivity index (χ2v) is 6.22. The number of hydrogen-bond donors (Lipinski definition) is 1. The van der Waals surface area contributed by atoms with Crippen LogP contribution in [0.1, 0.15) is 30.6 Å². The van der Waals surface area contributed by atoms with Gasteiger partial charge in [-0.25, -0.2) is 9.78 Å². The molecule has 3 rings (SSSR count). The topological polar surface area (TPSA) is 86.4 Å². The summed E-state index contributed by atoms with van der Waals surface area (Å²) in [5.74, 6) is 0.182. The fourth-order valence-corrected chi connectivity index (χ4v) is 2.57. The molecule has 0 fully saturated rings. The predicted molar refractivity (Wildman–Crippen MR) is 97.4 cm³/mol. The van der Waals surface area contributed by atoms with Crippen LogP contribution in [0.4, 0.5) is 0 Å². The van der Waals surface area contributed by atoms with E-state index in [-0.39, 0.29) is 11.7 Å². The molecular weight excluding hydrogens is 334 g/mol. The van der Waals surface area contributed by atoms with Crippen LogP contribution in [0.15, 0.2) is 52.2 Å². The third-order valence-corrected chi connectivity index (χ3v) is 3.76. The number of hydrogen-bond acceptors (Lipinski definition) is 5. The minimum atomic E-state index is -0.661. The molecule has 2 aromatic heterocycles. The van der Waals surface area contributed by atoms with Crippen LogP contribution in [-0.2, 0) is 6.54 Å². The number of ether oxygens (including phenoxy) is 1. The lowest BCUT2D eigenvalue weighted by atomic mass is 10.1. The molecule has 0 aliphatic rings. The van der Waals surface area contributed by atoms with Gasteiger partial charge in [-0.15, -0.1) is 0 Å². The summed E-state index contributed by atoms with van der Waals surface area (Å²) >= 11 is 0. The average Bonchev–Trinajstić information content (AvgIpc) is 3.10. The standard InChI is InChI=1S/C19H21N3O4/c1-13(2)25-15-5-4-14-10-16(19(24)26-17(14)11-15)18(23)21-6-3-8-22-9-7-20-12-22/h4-5,7,9-13H,3,6,8H2,1-2H3,(H,21,23). The van der Waals surface area contributed by atoms with Crippen molar-refractivity contribution in [1.82, 2.24) is 14.9 Å². The summed E-state index contributed by atoms with van der Waals surface area (Å²) in [5, 5.41) is 3.42. The summed E-state index contributed by atoms with van der Waals surface area (Å²) in [6.45, 7) is 5.03. The Morgan fingerprint density at radius 3 is 2.92 bits per heavy atom. The number of aryl methyl sites for hydroxylation is 1. The zero-order valence-corrected chi connectivity index (χ0v) is 14.8. The first kappa shape index (κ1) is 17.7. The molecule has 0 radical (unpaired) electrons. The molecule has 0 aliphatic heterocycles. The van der Waals surface area contributed by atoms with Gasteiger partial charge in [0, 0.05) is 36.9 Å². The minimum absolute atomic E-state index is 0.00217. The van der Waals surface area contributed by atoms with E-state index in [1.54, 1.807) is 36.8 Å². The Balaban J connectivity index is 1.67. The molecule has 0 bridgehead atoms. The first-order valence-electron chi connectivity index (χ1n) is 8.51. The zero-order valence-electron chi connectivity index (χ0n) is 14.8. The van der Waals surface area contributed by atoms with Gasteiger partial charge in [0.1, 0.15) is 16.9 Å². The molecule has 0 atom stereocenters. The number of nitrogens with zero attached hydrogens (tertiary/aromatic N) is 2. The Kier molecular flexibility index (Phi) is 5.36. The quantitative estimate of drug-likeness (QED) is 0.520. The molecule has 0 aliphatic carbocycles. The third-order valence-electron chi connectivity index (χ3n) is 3.76. The van der Waals surface area contributed by atoms with Crippen LogP contribution in [0.5, 0.6) is 5.75 Å². The molecule has 0 spiro atoms. The van der Waals surface area contributed by atoms with Gasteiger partial charge < -0.3 is 19.0 Å². The molecule has 1 N–H and O–H groups in total. The zero-order chi connectivity index (χ0) is 18.5. The molecule has 0 unspecified atom stereocenters. The van der Waals surface area contributed by atoms with Gasteiger partial charge in [-0.2, -0.15) is 0 Å². The van der Waals surface area contributed by atoms with E-state index in [1.165, 1.54) is 0 Å². The van der Waals surface area contributed by atoms with Crippen molar-refractivity contribution in [3.05, 3.63) is 59.0 Å². The highest BCUT2D eigenvalue weighted by atomic mass is 16.5. The molecule has 3 aromatic rings. The average molecular weight is 355 g/mol. The van der Waals surface area contributed by atoms with Gasteiger partial charge in [-0.05, 0) is 38.5 Å². The van der Waals surface area contributed by atoms with Crippen LogP contribution >= 0.6 is 0 Å². The lowest BCUT2D eigenvalue weighted by molar-refractivity contribution is 0.0949. The second kappa shape index (κ2) is 7.86. The number of carbonyl (C=O) groups is 1. The summed E-state index contributed by atoms with van der Waals surface area (Å²) in [6, 6.07) is 6.76. The molecule has 2 heterocycles. The maximum Gasteiger partial charge on any atom is 0.349 e. The number of rotatable bonds is 7. The van der Waals surface area contributed by atoms with Gasteiger partial charge in [0.05, 0.1) is 12.4 Å². The molecule has 7 nitrogen and oxygen atoms in total. The molecule has 1 amide bonds. The monoisotopic (exact) mass is 355 g/mol. The van der Waals surface area contributed by atoms with Crippen LogP contribution in [0, 0.1) is 0 Å². The van der Waals surface area contributed by atoms with E-state index in [0.29, 0.717) is 23.3 Å². The fourth-order valence-electron chi connectivity index (χ4n) is 2.57. The smallest absolute Gasteiger partial charge is 0.349 e. The summed E-state index contributed by atoms with van der Waals surface area (Å²) in [4.78, 5) is 28.4. The Labute approximate surface area is 150 Å². The molecular formula is C19H21N3O4. The highest BCUT2D eigenvalue weighted by molar-refractivity contribution is 5.96. The van der Waals surface area contributed by atoms with Crippen LogP contribution in [-0.4, -0.2) is 28.1 Å². The lowest BCUT2D eigenvalue weighted by Gasteiger charge is -2.10. The lowest BCUT2D eigenvalue weighted by Crippen LogP contribution is -2.29. The van der Waals surface area contributed by atoms with E-state index in [1.807, 2.05) is 24.6 Å². The van der Waals surface area contributed by atoms with Gasteiger partial charge in [-0.3, -0.25) is 4.79 Å². The summed E-state index contributed by atoms with van der Waals surface area (Å²) < 4.78 is 12.8. The maximum absolute atomic E-state index is 12.3. The molecule has 26 heavy (non-hydrogen) atoms. The molecule has 0 saturated heterocycles. The number of nitrogens with one attached hydrogen (secondary N) is 1. The Bertz CT molecular complexity index is 945. The van der Waals surface area contributed by atoms with E-state index in [4.69, 9.17) is 9.15 Å². The van der Waals surface area contributed by atoms with E-state index >= 15 is 0 Å². The van der Waals surface area contributed by atoms with Gasteiger partial charge in [0.15, 0.2) is 0 Å². The summed E-state index contributed by atoms with van der Waals surface area (Å²) in [5.41, 5.74) is -0.270. The third kappa shape index (κ3) is 4.30. The van der Waals surface area contributed by atoms with E-state index in [0.717, 1.165) is 13.0 Å². The number of amides is 1. The highest BCUT2D eigenvalue weighted by Crippen LogP contribution is 2.21. The number of carbonyl (C=O) groups excluding carboxylic acids is 1. The van der Waals surface area contributed by atoms with E-state index in [9.17, 15) is 9.59 Å². The fraction of sp³-hybridized carbons (Fsp3) is 0.316. The van der Waals surface area contributed by atoms with Crippen LogP contribution in [0.25, 0.3) is 11.0 Å². The number of imidazole rings is 1. The van der Waals surface area contributed by atoms with Crippen molar-refractivity contribution in [3.63, 3.8) is 0 Å².